The smallest absolute Gasteiger partial charge is 0.306 e. The van der Waals surface area contributed by atoms with Gasteiger partial charge in [0.1, 0.15) is 11.5 Å². The van der Waals surface area contributed by atoms with Crippen molar-refractivity contribution in [1.82, 2.24) is 0 Å². The molecule has 7 nitrogen and oxygen atoms in total. The van der Waals surface area contributed by atoms with Crippen molar-refractivity contribution in [2.45, 2.75) is 40.0 Å². The van der Waals surface area contributed by atoms with Gasteiger partial charge in [0.25, 0.3) is 5.91 Å². The number of anilines is 2. The van der Waals surface area contributed by atoms with Crippen LogP contribution in [0, 0.1) is 20.8 Å². The van der Waals surface area contributed by atoms with Crippen molar-refractivity contribution < 1.29 is 23.9 Å². The second kappa shape index (κ2) is 12.7. The van der Waals surface area contributed by atoms with E-state index < -0.39 is 18.5 Å². The molecule has 3 aromatic carbocycles. The summed E-state index contributed by atoms with van der Waals surface area (Å²) >= 11 is 6.03. The fraction of sp³-hybridized carbons (Fsp3) is 0.250. The number of hydrogen-bond acceptors (Lipinski definition) is 5. The number of amides is 2. The zero-order valence-electron chi connectivity index (χ0n) is 20.5. The summed E-state index contributed by atoms with van der Waals surface area (Å²) in [5.41, 5.74) is 4.16. The molecule has 188 valence electrons. The van der Waals surface area contributed by atoms with E-state index in [0.717, 1.165) is 22.4 Å². The minimum atomic E-state index is -0.548. The van der Waals surface area contributed by atoms with Crippen molar-refractivity contribution in [3.63, 3.8) is 0 Å². The van der Waals surface area contributed by atoms with Crippen LogP contribution in [0.25, 0.3) is 0 Å². The lowest BCUT2D eigenvalue weighted by atomic mass is 10.1. The molecule has 0 radical (unpaired) electrons. The lowest BCUT2D eigenvalue weighted by Crippen LogP contribution is -2.21. The Balaban J connectivity index is 1.35. The third-order valence-electron chi connectivity index (χ3n) is 5.26. The van der Waals surface area contributed by atoms with Crippen LogP contribution in [0.15, 0.2) is 60.7 Å². The molecule has 2 amide bonds. The van der Waals surface area contributed by atoms with E-state index in [1.807, 2.05) is 26.0 Å². The molecule has 0 saturated heterocycles. The van der Waals surface area contributed by atoms with Gasteiger partial charge >= 0.3 is 5.97 Å². The quantitative estimate of drug-likeness (QED) is 0.311. The molecule has 0 aromatic heterocycles. The van der Waals surface area contributed by atoms with Crippen LogP contribution >= 0.6 is 11.6 Å². The van der Waals surface area contributed by atoms with E-state index >= 15 is 0 Å². The first-order valence-corrected chi connectivity index (χ1v) is 11.9. The first kappa shape index (κ1) is 26.8. The van der Waals surface area contributed by atoms with Gasteiger partial charge in [-0.3, -0.25) is 14.4 Å². The van der Waals surface area contributed by atoms with E-state index in [9.17, 15) is 14.4 Å². The van der Waals surface area contributed by atoms with Crippen LogP contribution in [0.1, 0.15) is 36.0 Å². The van der Waals surface area contributed by atoms with E-state index in [1.54, 1.807) is 49.4 Å². The SMILES string of the molecule is Cc1cc(C)cc(Oc2ccc(NC(=O)CCCC(=O)OCC(=O)Nc3cccc(Cl)c3C)cc2)c1. The first-order chi connectivity index (χ1) is 17.2. The lowest BCUT2D eigenvalue weighted by molar-refractivity contribution is -0.147. The van der Waals surface area contributed by atoms with Crippen molar-refractivity contribution >= 4 is 40.8 Å². The first-order valence-electron chi connectivity index (χ1n) is 11.6. The second-order valence-corrected chi connectivity index (χ2v) is 8.88. The molecule has 8 heteroatoms. The van der Waals surface area contributed by atoms with Crippen LogP contribution in [0.5, 0.6) is 11.5 Å². The third-order valence-corrected chi connectivity index (χ3v) is 5.67. The summed E-state index contributed by atoms with van der Waals surface area (Å²) in [6, 6.07) is 18.2. The number of benzene rings is 3. The molecule has 0 heterocycles. The monoisotopic (exact) mass is 508 g/mol. The molecule has 3 aromatic rings. The Morgan fingerprint density at radius 2 is 1.50 bits per heavy atom. The molecule has 36 heavy (non-hydrogen) atoms. The predicted molar refractivity (Wildman–Crippen MR) is 141 cm³/mol. The Hall–Kier alpha value is -3.84. The zero-order valence-corrected chi connectivity index (χ0v) is 21.3. The molecule has 0 saturated carbocycles. The molecule has 0 atom stereocenters. The number of ether oxygens (including phenoxy) is 2. The molecular weight excluding hydrogens is 480 g/mol. The van der Waals surface area contributed by atoms with Gasteiger partial charge in [0.2, 0.25) is 5.91 Å². The summed E-state index contributed by atoms with van der Waals surface area (Å²) in [7, 11) is 0. The van der Waals surface area contributed by atoms with Crippen molar-refractivity contribution in [3.05, 3.63) is 82.4 Å². The Morgan fingerprint density at radius 1 is 0.806 bits per heavy atom. The van der Waals surface area contributed by atoms with E-state index in [4.69, 9.17) is 21.1 Å². The summed E-state index contributed by atoms with van der Waals surface area (Å²) in [4.78, 5) is 36.1. The highest BCUT2D eigenvalue weighted by Gasteiger charge is 2.11. The van der Waals surface area contributed by atoms with Gasteiger partial charge < -0.3 is 20.1 Å². The Bertz CT molecular complexity index is 1220. The van der Waals surface area contributed by atoms with Gasteiger partial charge in [-0.25, -0.2) is 0 Å². The Kier molecular flexibility index (Phi) is 9.47. The number of aryl methyl sites for hydroxylation is 2. The molecule has 0 spiro atoms. The summed E-state index contributed by atoms with van der Waals surface area (Å²) < 4.78 is 10.9. The zero-order chi connectivity index (χ0) is 26.1. The molecule has 0 aliphatic carbocycles. The minimum Gasteiger partial charge on any atom is -0.457 e. The van der Waals surface area contributed by atoms with Crippen molar-refractivity contribution in [1.29, 1.82) is 0 Å². The van der Waals surface area contributed by atoms with Crippen molar-refractivity contribution in [2.24, 2.45) is 0 Å². The molecule has 2 N–H and O–H groups in total. The van der Waals surface area contributed by atoms with E-state index in [0.29, 0.717) is 28.6 Å². The standard InChI is InChI=1S/C28H29ClN2O5/c1-18-14-19(2)16-23(15-18)36-22-12-10-21(11-13-22)30-26(32)8-5-9-28(34)35-17-27(33)31-25-7-4-6-24(29)20(25)3/h4,6-7,10-16H,5,8-9,17H2,1-3H3,(H,30,32)(H,31,33). The maximum atomic E-state index is 12.2. The maximum Gasteiger partial charge on any atom is 0.306 e. The van der Waals surface area contributed by atoms with Gasteiger partial charge in [0.05, 0.1) is 0 Å². The molecule has 0 unspecified atom stereocenters. The molecular formula is C28H29ClN2O5. The summed E-state index contributed by atoms with van der Waals surface area (Å²) in [6.07, 6.45) is 0.469. The van der Waals surface area contributed by atoms with E-state index in [2.05, 4.69) is 16.7 Å². The predicted octanol–water partition coefficient (Wildman–Crippen LogP) is 6.35. The summed E-state index contributed by atoms with van der Waals surface area (Å²) in [6.45, 7) is 5.40. The Morgan fingerprint density at radius 3 is 2.19 bits per heavy atom. The molecule has 0 aliphatic heterocycles. The van der Waals surface area contributed by atoms with Crippen molar-refractivity contribution in [2.75, 3.05) is 17.2 Å². The van der Waals surface area contributed by atoms with Crippen LogP contribution in [-0.2, 0) is 19.1 Å². The number of hydrogen-bond donors (Lipinski definition) is 2. The minimum absolute atomic E-state index is 0.0274. The fourth-order valence-electron chi connectivity index (χ4n) is 3.50. The number of rotatable bonds is 10. The van der Waals surface area contributed by atoms with Gasteiger partial charge in [-0.15, -0.1) is 0 Å². The highest BCUT2D eigenvalue weighted by Crippen LogP contribution is 2.25. The van der Waals surface area contributed by atoms with Gasteiger partial charge in [-0.05, 0) is 92.4 Å². The third kappa shape index (κ3) is 8.43. The Labute approximate surface area is 215 Å². The molecule has 0 fully saturated rings. The molecule has 3 rings (SSSR count). The second-order valence-electron chi connectivity index (χ2n) is 8.47. The van der Waals surface area contributed by atoms with Crippen LogP contribution in [-0.4, -0.2) is 24.4 Å². The van der Waals surface area contributed by atoms with Gasteiger partial charge in [-0.2, -0.15) is 0 Å². The normalized spacial score (nSPS) is 10.4. The number of carbonyl (C=O) groups excluding carboxylic acids is 3. The topological polar surface area (TPSA) is 93.7 Å². The number of halogens is 1. The summed E-state index contributed by atoms with van der Waals surface area (Å²) in [5, 5.41) is 5.98. The number of esters is 1. The van der Waals surface area contributed by atoms with E-state index in [-0.39, 0.29) is 18.7 Å². The molecule has 0 aliphatic rings. The average Bonchev–Trinajstić information content (AvgIpc) is 2.81. The van der Waals surface area contributed by atoms with Crippen molar-refractivity contribution in [3.8, 4) is 11.5 Å². The van der Waals surface area contributed by atoms with Gasteiger partial charge in [-0.1, -0.05) is 23.7 Å². The fourth-order valence-corrected chi connectivity index (χ4v) is 3.67. The van der Waals surface area contributed by atoms with Crippen LogP contribution in [0.4, 0.5) is 11.4 Å². The lowest BCUT2D eigenvalue weighted by Gasteiger charge is -2.10. The highest BCUT2D eigenvalue weighted by atomic mass is 35.5. The van der Waals surface area contributed by atoms with Crippen LogP contribution in [0.3, 0.4) is 0 Å². The van der Waals surface area contributed by atoms with Crippen LogP contribution < -0.4 is 15.4 Å². The number of nitrogens with one attached hydrogen (secondary N) is 2. The maximum absolute atomic E-state index is 12.2. The number of carbonyl (C=O) groups is 3. The largest absolute Gasteiger partial charge is 0.457 e. The summed E-state index contributed by atoms with van der Waals surface area (Å²) in [5.74, 6) is 0.188. The van der Waals surface area contributed by atoms with Gasteiger partial charge in [0.15, 0.2) is 6.61 Å². The van der Waals surface area contributed by atoms with Gasteiger partial charge in [0, 0.05) is 29.2 Å². The van der Waals surface area contributed by atoms with E-state index in [1.165, 1.54) is 0 Å². The average molecular weight is 509 g/mol. The molecule has 0 bridgehead atoms. The van der Waals surface area contributed by atoms with Crippen LogP contribution in [0.2, 0.25) is 5.02 Å². The highest BCUT2D eigenvalue weighted by molar-refractivity contribution is 6.31.